The molecule has 4 nitrogen and oxygen atoms in total. The molecule has 0 atom stereocenters. The second-order valence-electron chi connectivity index (χ2n) is 3.59. The molecule has 19 heavy (non-hydrogen) atoms. The van der Waals surface area contributed by atoms with E-state index in [1.165, 1.54) is 11.8 Å². The van der Waals surface area contributed by atoms with Crippen molar-refractivity contribution >= 4 is 29.0 Å². The summed E-state index contributed by atoms with van der Waals surface area (Å²) in [4.78, 5) is 19.4. The number of hydroxylamine groups is 1. The molecule has 0 aliphatic rings. The van der Waals surface area contributed by atoms with Crippen molar-refractivity contribution in [2.75, 3.05) is 12.4 Å². The van der Waals surface area contributed by atoms with Crippen LogP contribution in [0.1, 0.15) is 17.1 Å². The maximum atomic E-state index is 11.7. The van der Waals surface area contributed by atoms with Gasteiger partial charge in [0.2, 0.25) is 5.91 Å². The van der Waals surface area contributed by atoms with Gasteiger partial charge in [0.05, 0.1) is 10.7 Å². The lowest BCUT2D eigenvalue weighted by Crippen LogP contribution is -2.29. The molecule has 0 fully saturated rings. The van der Waals surface area contributed by atoms with Crippen LogP contribution in [0.2, 0.25) is 0 Å². The molecule has 0 saturated carbocycles. The zero-order valence-corrected chi connectivity index (χ0v) is 11.8. The van der Waals surface area contributed by atoms with Crippen molar-refractivity contribution in [2.24, 2.45) is 0 Å². The molecule has 9 heteroatoms. The normalized spacial score (nSPS) is 11.6. The molecule has 0 aliphatic heterocycles. The number of rotatable bonds is 7. The second-order valence-corrected chi connectivity index (χ2v) is 5.76. The smallest absolute Gasteiger partial charge is 0.273 e. The Morgan fingerprint density at radius 2 is 2.32 bits per heavy atom. The largest absolute Gasteiger partial charge is 0.414 e. The van der Waals surface area contributed by atoms with Crippen molar-refractivity contribution in [2.45, 2.75) is 25.3 Å². The molecule has 1 heterocycles. The summed E-state index contributed by atoms with van der Waals surface area (Å²) in [6.07, 6.45) is -4.34. The van der Waals surface area contributed by atoms with Crippen molar-refractivity contribution in [3.05, 3.63) is 16.1 Å². The average molecular weight is 314 g/mol. The van der Waals surface area contributed by atoms with Crippen LogP contribution < -0.4 is 5.48 Å². The summed E-state index contributed by atoms with van der Waals surface area (Å²) in [6, 6.07) is 0. The van der Waals surface area contributed by atoms with Gasteiger partial charge in [0, 0.05) is 23.3 Å². The summed E-state index contributed by atoms with van der Waals surface area (Å²) in [6.45, 7) is 0.425. The van der Waals surface area contributed by atoms with Gasteiger partial charge in [-0.05, 0) is 6.92 Å². The van der Waals surface area contributed by atoms with Gasteiger partial charge in [-0.2, -0.15) is 24.9 Å². The summed E-state index contributed by atoms with van der Waals surface area (Å²) >= 11 is 3.04. The number of nitrogens with one attached hydrogen (secondary N) is 1. The number of aryl methyl sites for hydroxylation is 1. The zero-order valence-electron chi connectivity index (χ0n) is 10.1. The fraction of sp³-hybridized carbons (Fsp3) is 0.600. The van der Waals surface area contributed by atoms with Gasteiger partial charge in [0.1, 0.15) is 0 Å². The topological polar surface area (TPSA) is 51.2 Å². The molecule has 0 spiro atoms. The van der Waals surface area contributed by atoms with E-state index in [4.69, 9.17) is 0 Å². The predicted molar refractivity (Wildman–Crippen MR) is 67.8 cm³/mol. The van der Waals surface area contributed by atoms with Gasteiger partial charge >= 0.3 is 6.18 Å². The molecular weight excluding hydrogens is 301 g/mol. The Hall–Kier alpha value is -0.800. The highest BCUT2D eigenvalue weighted by atomic mass is 32.2. The first-order valence-electron chi connectivity index (χ1n) is 5.33. The minimum atomic E-state index is -4.44. The Labute approximate surface area is 116 Å². The molecule has 1 aromatic rings. The van der Waals surface area contributed by atoms with E-state index in [2.05, 4.69) is 9.82 Å². The van der Waals surface area contributed by atoms with Crippen LogP contribution in [0.3, 0.4) is 0 Å². The monoisotopic (exact) mass is 314 g/mol. The zero-order chi connectivity index (χ0) is 14.3. The third-order valence-electron chi connectivity index (χ3n) is 1.81. The van der Waals surface area contributed by atoms with Gasteiger partial charge in [-0.1, -0.05) is 0 Å². The van der Waals surface area contributed by atoms with E-state index in [0.717, 1.165) is 10.7 Å². The molecule has 1 amide bonds. The standard InChI is InChI=1S/C10H13F3N2O2S2/c1-7-14-8(5-19-7)4-18-3-2-9(16)15-17-6-10(11,12)13/h5H,2-4,6H2,1H3,(H,15,16). The molecule has 1 rings (SSSR count). The number of carbonyl (C=O) groups is 1. The fourth-order valence-corrected chi connectivity index (χ4v) is 2.61. The van der Waals surface area contributed by atoms with E-state index in [1.54, 1.807) is 16.8 Å². The van der Waals surface area contributed by atoms with E-state index < -0.39 is 18.7 Å². The summed E-state index contributed by atoms with van der Waals surface area (Å²) in [5.41, 5.74) is 2.70. The Bertz CT molecular complexity index is 410. The van der Waals surface area contributed by atoms with Gasteiger partial charge in [0.25, 0.3) is 0 Å². The number of aromatic nitrogens is 1. The van der Waals surface area contributed by atoms with Gasteiger partial charge in [-0.25, -0.2) is 10.5 Å². The number of amides is 1. The first-order valence-corrected chi connectivity index (χ1v) is 7.36. The number of nitrogens with zero attached hydrogens (tertiary/aromatic N) is 1. The number of hydrogen-bond acceptors (Lipinski definition) is 5. The third-order valence-corrected chi connectivity index (χ3v) is 3.63. The highest BCUT2D eigenvalue weighted by molar-refractivity contribution is 7.98. The number of carbonyl (C=O) groups excluding carboxylic acids is 1. The fourth-order valence-electron chi connectivity index (χ4n) is 1.07. The number of alkyl halides is 3. The predicted octanol–water partition coefficient (Wildman–Crippen LogP) is 2.68. The molecule has 0 bridgehead atoms. The van der Waals surface area contributed by atoms with E-state index in [1.807, 2.05) is 12.3 Å². The van der Waals surface area contributed by atoms with E-state index in [-0.39, 0.29) is 6.42 Å². The van der Waals surface area contributed by atoms with Crippen LogP contribution in [0.15, 0.2) is 5.38 Å². The quantitative estimate of drug-likeness (QED) is 0.621. The third kappa shape index (κ3) is 8.06. The maximum Gasteiger partial charge on any atom is 0.414 e. The highest BCUT2D eigenvalue weighted by Crippen LogP contribution is 2.16. The number of thioether (sulfide) groups is 1. The Morgan fingerprint density at radius 3 is 2.89 bits per heavy atom. The van der Waals surface area contributed by atoms with Crippen LogP contribution in [0.4, 0.5) is 13.2 Å². The minimum Gasteiger partial charge on any atom is -0.273 e. The Kier molecular flexibility index (Phi) is 6.59. The summed E-state index contributed by atoms with van der Waals surface area (Å²) in [5, 5.41) is 2.92. The van der Waals surface area contributed by atoms with Crippen molar-refractivity contribution < 1.29 is 22.8 Å². The van der Waals surface area contributed by atoms with Crippen molar-refractivity contribution in [3.8, 4) is 0 Å². The molecule has 1 aromatic heterocycles. The first kappa shape index (κ1) is 16.3. The molecule has 0 aliphatic carbocycles. The summed E-state index contributed by atoms with van der Waals surface area (Å²) < 4.78 is 35.1. The lowest BCUT2D eigenvalue weighted by Gasteiger charge is -2.07. The van der Waals surface area contributed by atoms with Crippen LogP contribution in [-0.4, -0.2) is 29.4 Å². The molecule has 0 unspecified atom stereocenters. The molecule has 108 valence electrons. The number of halogens is 3. The van der Waals surface area contributed by atoms with E-state index in [9.17, 15) is 18.0 Å². The van der Waals surface area contributed by atoms with Gasteiger partial charge in [0.15, 0.2) is 6.61 Å². The van der Waals surface area contributed by atoms with Crippen LogP contribution in [-0.2, 0) is 15.4 Å². The lowest BCUT2D eigenvalue weighted by atomic mass is 10.5. The maximum absolute atomic E-state index is 11.7. The minimum absolute atomic E-state index is 0.103. The van der Waals surface area contributed by atoms with Gasteiger partial charge in [-0.15, -0.1) is 11.3 Å². The highest BCUT2D eigenvalue weighted by Gasteiger charge is 2.28. The van der Waals surface area contributed by atoms with Crippen LogP contribution >= 0.6 is 23.1 Å². The molecular formula is C10H13F3N2O2S2. The average Bonchev–Trinajstić information content (AvgIpc) is 2.69. The molecule has 0 saturated heterocycles. The molecule has 1 N–H and O–H groups in total. The van der Waals surface area contributed by atoms with Crippen molar-refractivity contribution in [1.29, 1.82) is 0 Å². The molecule has 0 radical (unpaired) electrons. The number of hydrogen-bond donors (Lipinski definition) is 1. The summed E-state index contributed by atoms with van der Waals surface area (Å²) in [7, 11) is 0. The van der Waals surface area contributed by atoms with Crippen LogP contribution in [0, 0.1) is 6.92 Å². The Balaban J connectivity index is 2.04. The van der Waals surface area contributed by atoms with Crippen LogP contribution in [0.5, 0.6) is 0 Å². The van der Waals surface area contributed by atoms with Crippen molar-refractivity contribution in [3.63, 3.8) is 0 Å². The SMILES string of the molecule is Cc1nc(CSCCC(=O)NOCC(F)(F)F)cs1. The second kappa shape index (κ2) is 7.71. The summed E-state index contributed by atoms with van der Waals surface area (Å²) in [5.74, 6) is 0.616. The van der Waals surface area contributed by atoms with E-state index >= 15 is 0 Å². The van der Waals surface area contributed by atoms with Gasteiger partial charge in [-0.3, -0.25) is 9.63 Å². The molecule has 0 aromatic carbocycles. The van der Waals surface area contributed by atoms with Crippen LogP contribution in [0.25, 0.3) is 0 Å². The Morgan fingerprint density at radius 1 is 1.58 bits per heavy atom. The van der Waals surface area contributed by atoms with Crippen molar-refractivity contribution in [1.82, 2.24) is 10.5 Å². The lowest BCUT2D eigenvalue weighted by molar-refractivity contribution is -0.191. The van der Waals surface area contributed by atoms with E-state index in [0.29, 0.717) is 11.5 Å². The first-order chi connectivity index (χ1) is 8.87. The van der Waals surface area contributed by atoms with Gasteiger partial charge < -0.3 is 0 Å². The number of thiazole rings is 1.